The molecule has 134 valence electrons. The van der Waals surface area contributed by atoms with Gasteiger partial charge in [-0.15, -0.1) is 0 Å². The van der Waals surface area contributed by atoms with Gasteiger partial charge in [0.1, 0.15) is 5.75 Å². The molecule has 0 aliphatic carbocycles. The fourth-order valence-electron chi connectivity index (χ4n) is 2.55. The average Bonchev–Trinajstić information content (AvgIpc) is 2.54. The Hall–Kier alpha value is -2.07. The quantitative estimate of drug-likeness (QED) is 0.700. The monoisotopic (exact) mass is 356 g/mol. The molecule has 2 rings (SSSR count). The second kappa shape index (κ2) is 8.34. The highest BCUT2D eigenvalue weighted by Crippen LogP contribution is 2.24. The lowest BCUT2D eigenvalue weighted by molar-refractivity contribution is 0.340. The summed E-state index contributed by atoms with van der Waals surface area (Å²) in [5.41, 5.74) is 3.62. The molecule has 2 N–H and O–H groups in total. The maximum Gasteiger partial charge on any atom is 0.171 e. The van der Waals surface area contributed by atoms with Crippen molar-refractivity contribution < 1.29 is 4.74 Å². The predicted octanol–water partition coefficient (Wildman–Crippen LogP) is 5.43. The van der Waals surface area contributed by atoms with Crippen molar-refractivity contribution in [1.29, 1.82) is 0 Å². The van der Waals surface area contributed by atoms with Crippen molar-refractivity contribution in [2.24, 2.45) is 0 Å². The molecule has 0 unspecified atom stereocenters. The Balaban J connectivity index is 1.97. The van der Waals surface area contributed by atoms with E-state index in [9.17, 15) is 0 Å². The van der Waals surface area contributed by atoms with Crippen LogP contribution in [0.25, 0.3) is 0 Å². The second-order valence-electron chi connectivity index (χ2n) is 7.15. The smallest absolute Gasteiger partial charge is 0.171 e. The third kappa shape index (κ3) is 5.75. The minimum atomic E-state index is 0.129. The molecule has 0 heterocycles. The summed E-state index contributed by atoms with van der Waals surface area (Å²) in [7, 11) is 0. The summed E-state index contributed by atoms with van der Waals surface area (Å²) in [4.78, 5) is 0. The van der Waals surface area contributed by atoms with Gasteiger partial charge in [-0.05, 0) is 54.7 Å². The van der Waals surface area contributed by atoms with Crippen molar-refractivity contribution in [1.82, 2.24) is 5.32 Å². The minimum Gasteiger partial charge on any atom is -0.494 e. The van der Waals surface area contributed by atoms with E-state index < -0.39 is 0 Å². The van der Waals surface area contributed by atoms with Crippen LogP contribution in [0.1, 0.15) is 51.8 Å². The third-order valence-corrected chi connectivity index (χ3v) is 4.25. The molecule has 0 aliphatic heterocycles. The number of rotatable bonds is 5. The fourth-order valence-corrected chi connectivity index (χ4v) is 2.84. The van der Waals surface area contributed by atoms with Gasteiger partial charge in [0, 0.05) is 11.8 Å². The van der Waals surface area contributed by atoms with Crippen molar-refractivity contribution in [3.05, 3.63) is 59.7 Å². The Bertz CT molecular complexity index is 705. The molecule has 0 fully saturated rings. The standard InChI is InChI=1S/C21H28N2OS/c1-6-24-19-9-7-8-18(14-19)23-20(25)22-15(2)16-10-12-17(13-11-16)21(3,4)5/h7-15H,6H2,1-5H3,(H2,22,23,25)/t15-/m0/s1. The highest BCUT2D eigenvalue weighted by Gasteiger charge is 2.14. The summed E-state index contributed by atoms with van der Waals surface area (Å²) in [5, 5.41) is 7.15. The van der Waals surface area contributed by atoms with E-state index in [1.54, 1.807) is 0 Å². The SMILES string of the molecule is CCOc1cccc(NC(=S)N[C@@H](C)c2ccc(C(C)(C)C)cc2)c1. The van der Waals surface area contributed by atoms with E-state index in [2.05, 4.69) is 62.6 Å². The molecule has 3 nitrogen and oxygen atoms in total. The van der Waals surface area contributed by atoms with Crippen LogP contribution >= 0.6 is 12.2 Å². The normalized spacial score (nSPS) is 12.4. The predicted molar refractivity (Wildman–Crippen MR) is 111 cm³/mol. The molecule has 0 aliphatic rings. The van der Waals surface area contributed by atoms with Gasteiger partial charge in [0.25, 0.3) is 0 Å². The van der Waals surface area contributed by atoms with E-state index in [0.29, 0.717) is 11.7 Å². The lowest BCUT2D eigenvalue weighted by Crippen LogP contribution is -2.30. The zero-order valence-corrected chi connectivity index (χ0v) is 16.5. The number of anilines is 1. The minimum absolute atomic E-state index is 0.129. The molecular formula is C21H28N2OS. The van der Waals surface area contributed by atoms with Crippen LogP contribution in [-0.2, 0) is 5.41 Å². The number of benzene rings is 2. The maximum absolute atomic E-state index is 5.51. The zero-order chi connectivity index (χ0) is 18.4. The van der Waals surface area contributed by atoms with Gasteiger partial charge in [-0.1, -0.05) is 51.1 Å². The first-order chi connectivity index (χ1) is 11.8. The highest BCUT2D eigenvalue weighted by atomic mass is 32.1. The first-order valence-electron chi connectivity index (χ1n) is 8.70. The van der Waals surface area contributed by atoms with Crippen molar-refractivity contribution in [3.63, 3.8) is 0 Å². The average molecular weight is 357 g/mol. The number of ether oxygens (including phenoxy) is 1. The number of hydrogen-bond acceptors (Lipinski definition) is 2. The molecule has 0 aromatic heterocycles. The third-order valence-electron chi connectivity index (χ3n) is 4.03. The maximum atomic E-state index is 5.51. The molecular weight excluding hydrogens is 328 g/mol. The van der Waals surface area contributed by atoms with Gasteiger partial charge < -0.3 is 15.4 Å². The van der Waals surface area contributed by atoms with E-state index >= 15 is 0 Å². The fraction of sp³-hybridized carbons (Fsp3) is 0.381. The molecule has 2 aromatic rings. The lowest BCUT2D eigenvalue weighted by atomic mass is 9.86. The molecule has 0 radical (unpaired) electrons. The van der Waals surface area contributed by atoms with Crippen LogP contribution in [0.4, 0.5) is 5.69 Å². The van der Waals surface area contributed by atoms with Crippen molar-refractivity contribution >= 4 is 23.0 Å². The van der Waals surface area contributed by atoms with Crippen LogP contribution in [0.15, 0.2) is 48.5 Å². The van der Waals surface area contributed by atoms with Gasteiger partial charge >= 0.3 is 0 Å². The van der Waals surface area contributed by atoms with Crippen LogP contribution in [0.5, 0.6) is 5.75 Å². The van der Waals surface area contributed by atoms with Crippen LogP contribution in [0, 0.1) is 0 Å². The topological polar surface area (TPSA) is 33.3 Å². The number of nitrogens with one attached hydrogen (secondary N) is 2. The Morgan fingerprint density at radius 3 is 2.40 bits per heavy atom. The lowest BCUT2D eigenvalue weighted by Gasteiger charge is -2.21. The summed E-state index contributed by atoms with van der Waals surface area (Å²) in [6.45, 7) is 11.4. The van der Waals surface area contributed by atoms with Gasteiger partial charge in [0.15, 0.2) is 5.11 Å². The Morgan fingerprint density at radius 1 is 1.12 bits per heavy atom. The number of hydrogen-bond donors (Lipinski definition) is 2. The van der Waals surface area contributed by atoms with Crippen LogP contribution in [0.3, 0.4) is 0 Å². The summed E-state index contributed by atoms with van der Waals surface area (Å²) in [6, 6.07) is 16.6. The van der Waals surface area contributed by atoms with Crippen LogP contribution in [-0.4, -0.2) is 11.7 Å². The molecule has 2 aromatic carbocycles. The van der Waals surface area contributed by atoms with Gasteiger partial charge in [-0.3, -0.25) is 0 Å². The van der Waals surface area contributed by atoms with Crippen molar-refractivity contribution in [2.75, 3.05) is 11.9 Å². The summed E-state index contributed by atoms with van der Waals surface area (Å²) >= 11 is 5.44. The first-order valence-corrected chi connectivity index (χ1v) is 9.11. The van der Waals surface area contributed by atoms with E-state index in [1.807, 2.05) is 31.2 Å². The zero-order valence-electron chi connectivity index (χ0n) is 15.7. The molecule has 25 heavy (non-hydrogen) atoms. The number of thiocarbonyl (C=S) groups is 1. The second-order valence-corrected chi connectivity index (χ2v) is 7.56. The largest absolute Gasteiger partial charge is 0.494 e. The van der Waals surface area contributed by atoms with E-state index in [1.165, 1.54) is 11.1 Å². The van der Waals surface area contributed by atoms with Crippen LogP contribution in [0.2, 0.25) is 0 Å². The summed E-state index contributed by atoms with van der Waals surface area (Å²) < 4.78 is 5.51. The Kier molecular flexibility index (Phi) is 6.43. The first kappa shape index (κ1) is 19.3. The Morgan fingerprint density at radius 2 is 1.80 bits per heavy atom. The molecule has 0 saturated heterocycles. The van der Waals surface area contributed by atoms with Gasteiger partial charge in [-0.2, -0.15) is 0 Å². The molecule has 0 amide bonds. The summed E-state index contributed by atoms with van der Waals surface area (Å²) in [6.07, 6.45) is 0. The van der Waals surface area contributed by atoms with Crippen LogP contribution < -0.4 is 15.4 Å². The molecule has 4 heteroatoms. The van der Waals surface area contributed by atoms with Gasteiger partial charge in [0.05, 0.1) is 12.6 Å². The van der Waals surface area contributed by atoms with E-state index in [-0.39, 0.29) is 11.5 Å². The van der Waals surface area contributed by atoms with Gasteiger partial charge in [0.2, 0.25) is 0 Å². The van der Waals surface area contributed by atoms with E-state index in [0.717, 1.165) is 11.4 Å². The molecule has 0 spiro atoms. The van der Waals surface area contributed by atoms with E-state index in [4.69, 9.17) is 17.0 Å². The van der Waals surface area contributed by atoms with Crippen molar-refractivity contribution in [2.45, 2.75) is 46.1 Å². The molecule has 0 bridgehead atoms. The summed E-state index contributed by atoms with van der Waals surface area (Å²) in [5.74, 6) is 0.834. The molecule has 0 saturated carbocycles. The molecule has 1 atom stereocenters. The Labute approximate surface area is 156 Å². The van der Waals surface area contributed by atoms with Gasteiger partial charge in [-0.25, -0.2) is 0 Å². The van der Waals surface area contributed by atoms with Crippen molar-refractivity contribution in [3.8, 4) is 5.75 Å². The highest BCUT2D eigenvalue weighted by molar-refractivity contribution is 7.80.